The lowest BCUT2D eigenvalue weighted by atomic mass is 9.97. The van der Waals surface area contributed by atoms with Crippen LogP contribution in [-0.2, 0) is 24.5 Å². The van der Waals surface area contributed by atoms with Gasteiger partial charge in [0.1, 0.15) is 0 Å². The van der Waals surface area contributed by atoms with Crippen molar-refractivity contribution in [3.8, 4) is 0 Å². The summed E-state index contributed by atoms with van der Waals surface area (Å²) in [6.07, 6.45) is 5.98. The van der Waals surface area contributed by atoms with Crippen LogP contribution in [0.1, 0.15) is 44.9 Å². The topological polar surface area (TPSA) is 92.6 Å². The summed E-state index contributed by atoms with van der Waals surface area (Å²) in [5.41, 5.74) is 0. The lowest BCUT2D eigenvalue weighted by Gasteiger charge is -2.40. The van der Waals surface area contributed by atoms with E-state index >= 15 is 0 Å². The number of amides is 1. The van der Waals surface area contributed by atoms with Gasteiger partial charge in [-0.3, -0.25) is 4.79 Å². The van der Waals surface area contributed by atoms with Crippen molar-refractivity contribution in [1.29, 1.82) is 0 Å². The Morgan fingerprint density at radius 1 is 1.00 bits per heavy atom. The largest absolute Gasteiger partial charge is 0.356 e. The first kappa shape index (κ1) is 22.4. The van der Waals surface area contributed by atoms with Crippen LogP contribution in [0.3, 0.4) is 0 Å². The molecule has 4 saturated heterocycles. The fraction of sp³-hybridized carbons (Fsp3) is 0.950. The van der Waals surface area contributed by atoms with Crippen LogP contribution in [0.15, 0.2) is 0 Å². The minimum absolute atomic E-state index is 0.0823. The van der Waals surface area contributed by atoms with Crippen LogP contribution in [0.5, 0.6) is 0 Å². The van der Waals surface area contributed by atoms with Crippen LogP contribution >= 0.6 is 0 Å². The molecule has 0 aromatic rings. The Kier molecular flexibility index (Phi) is 7.31. The summed E-state index contributed by atoms with van der Waals surface area (Å²) >= 11 is 0. The van der Waals surface area contributed by atoms with Gasteiger partial charge in [0.15, 0.2) is 5.79 Å². The van der Waals surface area contributed by atoms with E-state index in [1.807, 2.05) is 0 Å². The van der Waals surface area contributed by atoms with Crippen molar-refractivity contribution in [2.45, 2.75) is 50.7 Å². The summed E-state index contributed by atoms with van der Waals surface area (Å²) in [7, 11) is -3.49. The number of ether oxygens (including phenoxy) is 2. The third-order valence-corrected chi connectivity index (χ3v) is 9.13. The van der Waals surface area contributed by atoms with Gasteiger partial charge in [0.05, 0.1) is 32.8 Å². The summed E-state index contributed by atoms with van der Waals surface area (Å²) in [5.74, 6) is -0.577. The number of nitrogens with zero attached hydrogens (tertiary/aromatic N) is 2. The van der Waals surface area contributed by atoms with E-state index in [1.54, 1.807) is 13.5 Å². The summed E-state index contributed by atoms with van der Waals surface area (Å²) in [4.78, 5) is 14.1. The highest BCUT2D eigenvalue weighted by atomic mass is 32.2. The second kappa shape index (κ2) is 9.79. The molecule has 0 radical (unpaired) electrons. The molecular weight excluding hydrogens is 408 g/mol. The highest BCUT2D eigenvalue weighted by Gasteiger charge is 2.44. The van der Waals surface area contributed by atoms with Crippen LogP contribution in [0.4, 0.5) is 0 Å². The second-order valence-electron chi connectivity index (χ2n) is 9.04. The number of piperidine rings is 2. The Morgan fingerprint density at radius 3 is 2.23 bits per heavy atom. The molecule has 0 bridgehead atoms. The number of nitrogens with one attached hydrogen (secondary N) is 2. The molecule has 30 heavy (non-hydrogen) atoms. The van der Waals surface area contributed by atoms with E-state index in [2.05, 4.69) is 5.32 Å². The van der Waals surface area contributed by atoms with Gasteiger partial charge >= 0.3 is 0 Å². The van der Waals surface area contributed by atoms with E-state index in [0.29, 0.717) is 65.1 Å². The van der Waals surface area contributed by atoms with Gasteiger partial charge in [-0.15, -0.1) is 0 Å². The van der Waals surface area contributed by atoms with Gasteiger partial charge in [0.25, 0.3) is 10.2 Å². The maximum absolute atomic E-state index is 13.0. The third-order valence-electron chi connectivity index (χ3n) is 7.09. The van der Waals surface area contributed by atoms with Gasteiger partial charge in [0, 0.05) is 70.7 Å². The fourth-order valence-electron chi connectivity index (χ4n) is 5.17. The SMILES string of the molecule is O=C(NCCC[NH+]1CCCC1)C1CCN(S(=O)(=O)N2CCC3(CC2)OCCO3)CC1. The zero-order chi connectivity index (χ0) is 21.0. The Labute approximate surface area is 180 Å². The quantitative estimate of drug-likeness (QED) is 0.489. The molecule has 0 unspecified atom stereocenters. The van der Waals surface area contributed by atoms with E-state index in [9.17, 15) is 13.2 Å². The highest BCUT2D eigenvalue weighted by Crippen LogP contribution is 2.33. The van der Waals surface area contributed by atoms with Crippen LogP contribution in [-0.4, -0.2) is 94.3 Å². The molecule has 0 aromatic heterocycles. The van der Waals surface area contributed by atoms with Crippen LogP contribution in [0.2, 0.25) is 0 Å². The Hall–Kier alpha value is -0.780. The average Bonchev–Trinajstić information content (AvgIpc) is 3.44. The molecule has 4 fully saturated rings. The van der Waals surface area contributed by atoms with Crippen molar-refractivity contribution >= 4 is 16.1 Å². The summed E-state index contributed by atoms with van der Waals surface area (Å²) < 4.78 is 40.5. The molecule has 4 rings (SSSR count). The zero-order valence-corrected chi connectivity index (χ0v) is 18.8. The van der Waals surface area contributed by atoms with Gasteiger partial charge in [-0.05, 0) is 12.8 Å². The average molecular weight is 446 g/mol. The number of carbonyl (C=O) groups excluding carboxylic acids is 1. The Bertz CT molecular complexity index is 673. The van der Waals surface area contributed by atoms with Crippen molar-refractivity contribution in [1.82, 2.24) is 13.9 Å². The molecule has 10 heteroatoms. The summed E-state index contributed by atoms with van der Waals surface area (Å²) in [5, 5.41) is 3.06. The maximum Gasteiger partial charge on any atom is 0.281 e. The highest BCUT2D eigenvalue weighted by molar-refractivity contribution is 7.86. The Morgan fingerprint density at radius 2 is 1.60 bits per heavy atom. The number of carbonyl (C=O) groups is 1. The van der Waals surface area contributed by atoms with Crippen molar-refractivity contribution in [2.24, 2.45) is 5.92 Å². The first-order valence-electron chi connectivity index (χ1n) is 11.6. The number of hydrogen-bond donors (Lipinski definition) is 2. The van der Waals surface area contributed by atoms with Crippen LogP contribution in [0, 0.1) is 5.92 Å². The van der Waals surface area contributed by atoms with E-state index in [4.69, 9.17) is 9.47 Å². The van der Waals surface area contributed by atoms with E-state index in [1.165, 1.54) is 25.9 Å². The number of likely N-dealkylation sites (tertiary alicyclic amines) is 1. The monoisotopic (exact) mass is 445 g/mol. The van der Waals surface area contributed by atoms with Crippen LogP contribution < -0.4 is 10.2 Å². The minimum Gasteiger partial charge on any atom is -0.356 e. The van der Waals surface area contributed by atoms with Crippen molar-refractivity contribution in [3.05, 3.63) is 0 Å². The molecule has 4 heterocycles. The normalized spacial score (nSPS) is 27.1. The van der Waals surface area contributed by atoms with Gasteiger partial charge in [-0.2, -0.15) is 17.0 Å². The summed E-state index contributed by atoms with van der Waals surface area (Å²) in [6, 6.07) is 0. The molecule has 1 amide bonds. The Balaban J connectivity index is 1.17. The fourth-order valence-corrected chi connectivity index (χ4v) is 6.82. The first-order chi connectivity index (χ1) is 14.5. The number of quaternary nitrogens is 1. The predicted molar refractivity (Wildman–Crippen MR) is 111 cm³/mol. The molecule has 0 aliphatic carbocycles. The first-order valence-corrected chi connectivity index (χ1v) is 13.0. The summed E-state index contributed by atoms with van der Waals surface area (Å²) in [6.45, 7) is 7.20. The number of rotatable bonds is 7. The van der Waals surface area contributed by atoms with Gasteiger partial charge in [0.2, 0.25) is 5.91 Å². The standard InChI is InChI=1S/C20H36N4O5S/c25-19(21-8-3-11-22-9-1-2-10-22)18-4-12-23(13-5-18)30(26,27)24-14-6-20(7-15-24)28-16-17-29-20/h18H,1-17H2,(H,21,25)/p+1. The van der Waals surface area contributed by atoms with E-state index in [0.717, 1.165) is 19.5 Å². The third kappa shape index (κ3) is 5.16. The van der Waals surface area contributed by atoms with E-state index in [-0.39, 0.29) is 11.8 Å². The predicted octanol–water partition coefficient (Wildman–Crippen LogP) is -1.03. The maximum atomic E-state index is 13.0. The zero-order valence-electron chi connectivity index (χ0n) is 17.9. The molecule has 1 spiro atoms. The molecule has 0 atom stereocenters. The van der Waals surface area contributed by atoms with Crippen molar-refractivity contribution in [2.75, 3.05) is 65.6 Å². The minimum atomic E-state index is -3.49. The van der Waals surface area contributed by atoms with Crippen molar-refractivity contribution in [3.63, 3.8) is 0 Å². The molecular formula is C20H37N4O5S+. The molecule has 4 aliphatic heterocycles. The number of hydrogen-bond acceptors (Lipinski definition) is 5. The second-order valence-corrected chi connectivity index (χ2v) is 11.0. The molecule has 2 N–H and O–H groups in total. The molecule has 4 aliphatic rings. The molecule has 172 valence electrons. The molecule has 0 saturated carbocycles. The van der Waals surface area contributed by atoms with E-state index < -0.39 is 16.0 Å². The van der Waals surface area contributed by atoms with Gasteiger partial charge < -0.3 is 19.7 Å². The lowest BCUT2D eigenvalue weighted by molar-refractivity contribution is -0.887. The molecule has 9 nitrogen and oxygen atoms in total. The van der Waals surface area contributed by atoms with Gasteiger partial charge in [-0.1, -0.05) is 0 Å². The van der Waals surface area contributed by atoms with Crippen molar-refractivity contribution < 1.29 is 27.6 Å². The van der Waals surface area contributed by atoms with Crippen LogP contribution in [0.25, 0.3) is 0 Å². The lowest BCUT2D eigenvalue weighted by Crippen LogP contribution is -3.10. The van der Waals surface area contributed by atoms with Gasteiger partial charge in [-0.25, -0.2) is 0 Å². The molecule has 0 aromatic carbocycles. The smallest absolute Gasteiger partial charge is 0.281 e.